The average Bonchev–Trinajstić information content (AvgIpc) is 2.88. The van der Waals surface area contributed by atoms with Gasteiger partial charge >= 0.3 is 0 Å². The summed E-state index contributed by atoms with van der Waals surface area (Å²) in [4.78, 5) is 8.68. The van der Waals surface area contributed by atoms with Gasteiger partial charge in [-0.05, 0) is 30.7 Å². The third-order valence-corrected chi connectivity index (χ3v) is 6.61. The molecule has 0 aliphatic heterocycles. The van der Waals surface area contributed by atoms with Crippen molar-refractivity contribution in [1.29, 1.82) is 10.8 Å². The van der Waals surface area contributed by atoms with Gasteiger partial charge in [0.2, 0.25) is 0 Å². The molecule has 2 aromatic rings. The first-order valence-corrected chi connectivity index (χ1v) is 13.7. The molecule has 6 N–H and O–H groups in total. The minimum atomic E-state index is 0.316. The lowest BCUT2D eigenvalue weighted by atomic mass is 10.3. The fraction of sp³-hybridized carbons (Fsp3) is 0.478. The third-order valence-electron chi connectivity index (χ3n) is 4.67. The number of nitrogens with one attached hydrogen (secondary N) is 6. The average molecular weight is 521 g/mol. The van der Waals surface area contributed by atoms with Gasteiger partial charge in [0.1, 0.15) is 11.5 Å². The van der Waals surface area contributed by atoms with Crippen molar-refractivity contribution in [2.45, 2.75) is 17.9 Å². The van der Waals surface area contributed by atoms with Crippen molar-refractivity contribution >= 4 is 35.4 Å². The second kappa shape index (κ2) is 17.6. The second-order valence-corrected chi connectivity index (χ2v) is 9.43. The lowest BCUT2D eigenvalue weighted by Gasteiger charge is -2.12. The van der Waals surface area contributed by atoms with Crippen molar-refractivity contribution in [2.75, 3.05) is 51.9 Å². The molecule has 2 rings (SSSR count). The highest BCUT2D eigenvalue weighted by molar-refractivity contribution is 7.98. The number of rotatable bonds is 16. The summed E-state index contributed by atoms with van der Waals surface area (Å²) in [5.41, 5.74) is 1.87. The van der Waals surface area contributed by atoms with Crippen LogP contribution in [0.1, 0.15) is 17.8 Å². The molecule has 0 saturated heterocycles. The predicted molar refractivity (Wildman–Crippen MR) is 146 cm³/mol. The zero-order valence-corrected chi connectivity index (χ0v) is 22.0. The molecule has 12 heteroatoms. The normalized spacial score (nSPS) is 10.3. The number of aromatic nitrogens is 2. The van der Waals surface area contributed by atoms with Crippen molar-refractivity contribution < 1.29 is 9.47 Å². The van der Waals surface area contributed by atoms with Crippen LogP contribution in [0.3, 0.4) is 0 Å². The SMILES string of the molecule is COc1cccnc1CSCCNC(=N)NCCCNC(=N)NCCSCc1ncccc1OC. The monoisotopic (exact) mass is 520 g/mol. The minimum absolute atomic E-state index is 0.316. The molecule has 2 aromatic heterocycles. The van der Waals surface area contributed by atoms with Gasteiger partial charge in [0.05, 0.1) is 25.6 Å². The molecule has 0 bridgehead atoms. The zero-order valence-electron chi connectivity index (χ0n) is 20.4. The molecule has 0 fully saturated rings. The first kappa shape index (κ1) is 28.4. The van der Waals surface area contributed by atoms with E-state index in [9.17, 15) is 0 Å². The summed E-state index contributed by atoms with van der Waals surface area (Å²) in [5.74, 6) is 5.51. The molecule has 192 valence electrons. The molecular formula is C23H36N8O2S2. The van der Waals surface area contributed by atoms with E-state index in [0.717, 1.165) is 52.3 Å². The molecule has 35 heavy (non-hydrogen) atoms. The Morgan fingerprint density at radius 2 is 1.17 bits per heavy atom. The van der Waals surface area contributed by atoms with Crippen LogP contribution in [0.4, 0.5) is 0 Å². The summed E-state index contributed by atoms with van der Waals surface area (Å²) in [6.07, 6.45) is 4.34. The van der Waals surface area contributed by atoms with Crippen LogP contribution in [0.25, 0.3) is 0 Å². The van der Waals surface area contributed by atoms with E-state index >= 15 is 0 Å². The highest BCUT2D eigenvalue weighted by atomic mass is 32.2. The van der Waals surface area contributed by atoms with Crippen LogP contribution in [0.2, 0.25) is 0 Å². The summed E-state index contributed by atoms with van der Waals surface area (Å²) >= 11 is 3.49. The molecule has 0 atom stereocenters. The van der Waals surface area contributed by atoms with Crippen LogP contribution in [0.5, 0.6) is 11.5 Å². The quantitative estimate of drug-likeness (QED) is 0.111. The Hall–Kier alpha value is -2.86. The molecule has 0 aromatic carbocycles. The Balaban J connectivity index is 1.41. The van der Waals surface area contributed by atoms with Crippen molar-refractivity contribution in [3.63, 3.8) is 0 Å². The van der Waals surface area contributed by atoms with E-state index in [1.165, 1.54) is 0 Å². The van der Waals surface area contributed by atoms with Gasteiger partial charge in [-0.25, -0.2) is 0 Å². The molecule has 0 spiro atoms. The molecular weight excluding hydrogens is 484 g/mol. The Morgan fingerprint density at radius 3 is 1.60 bits per heavy atom. The van der Waals surface area contributed by atoms with Gasteiger partial charge in [-0.3, -0.25) is 20.8 Å². The largest absolute Gasteiger partial charge is 0.495 e. The van der Waals surface area contributed by atoms with E-state index in [1.807, 2.05) is 24.3 Å². The number of methoxy groups -OCH3 is 2. The fourth-order valence-corrected chi connectivity index (χ4v) is 4.51. The van der Waals surface area contributed by atoms with E-state index in [2.05, 4.69) is 31.2 Å². The third kappa shape index (κ3) is 11.9. The highest BCUT2D eigenvalue weighted by Gasteiger charge is 2.04. The molecule has 0 amide bonds. The standard InChI is InChI=1S/C23H36N8O2S2/c1-32-20-6-3-8-26-18(20)16-34-14-12-30-22(24)28-10-5-11-29-23(25)31-13-15-35-17-19-21(33-2)7-4-9-27-19/h3-4,6-9H,5,10-17H2,1-2H3,(H3,24,28,30)(H3,25,29,31). The number of hydrogen-bond donors (Lipinski definition) is 6. The Kier molecular flexibility index (Phi) is 14.2. The van der Waals surface area contributed by atoms with Gasteiger partial charge in [0.25, 0.3) is 0 Å². The maximum Gasteiger partial charge on any atom is 0.188 e. The van der Waals surface area contributed by atoms with E-state index in [4.69, 9.17) is 20.3 Å². The van der Waals surface area contributed by atoms with Crippen LogP contribution < -0.4 is 30.7 Å². The number of ether oxygens (including phenoxy) is 2. The first-order chi connectivity index (χ1) is 17.1. The number of hydrogen-bond acceptors (Lipinski definition) is 8. The Bertz CT molecular complexity index is 832. The minimum Gasteiger partial charge on any atom is -0.495 e. The molecule has 10 nitrogen and oxygen atoms in total. The fourth-order valence-electron chi connectivity index (χ4n) is 2.91. The smallest absolute Gasteiger partial charge is 0.188 e. The van der Waals surface area contributed by atoms with Crippen LogP contribution in [-0.4, -0.2) is 73.8 Å². The van der Waals surface area contributed by atoms with Crippen LogP contribution >= 0.6 is 23.5 Å². The lowest BCUT2D eigenvalue weighted by molar-refractivity contribution is 0.409. The molecule has 0 aliphatic carbocycles. The van der Waals surface area contributed by atoms with Crippen LogP contribution in [0.15, 0.2) is 36.7 Å². The number of guanidine groups is 2. The lowest BCUT2D eigenvalue weighted by Crippen LogP contribution is -2.40. The number of pyridine rings is 2. The van der Waals surface area contributed by atoms with Gasteiger partial charge in [0, 0.05) is 61.6 Å². The van der Waals surface area contributed by atoms with Gasteiger partial charge in [-0.15, -0.1) is 0 Å². The van der Waals surface area contributed by atoms with E-state index in [-0.39, 0.29) is 0 Å². The second-order valence-electron chi connectivity index (χ2n) is 7.22. The topological polar surface area (TPSA) is 140 Å². The highest BCUT2D eigenvalue weighted by Crippen LogP contribution is 2.20. The number of nitrogens with zero attached hydrogens (tertiary/aromatic N) is 2. The number of thioether (sulfide) groups is 2. The van der Waals surface area contributed by atoms with E-state index < -0.39 is 0 Å². The summed E-state index contributed by atoms with van der Waals surface area (Å²) in [6.45, 7) is 2.71. The zero-order chi connectivity index (χ0) is 25.1. The molecule has 0 saturated carbocycles. The predicted octanol–water partition coefficient (Wildman–Crippen LogP) is 2.28. The van der Waals surface area contributed by atoms with Gasteiger partial charge in [-0.2, -0.15) is 23.5 Å². The summed E-state index contributed by atoms with van der Waals surface area (Å²) in [5, 5.41) is 28.1. The van der Waals surface area contributed by atoms with E-state index in [0.29, 0.717) is 38.1 Å². The molecule has 0 aliphatic rings. The Labute approximate surface area is 216 Å². The van der Waals surface area contributed by atoms with Crippen LogP contribution in [-0.2, 0) is 11.5 Å². The summed E-state index contributed by atoms with van der Waals surface area (Å²) < 4.78 is 10.6. The Morgan fingerprint density at radius 1 is 0.743 bits per heavy atom. The van der Waals surface area contributed by atoms with Crippen molar-refractivity contribution in [1.82, 2.24) is 31.2 Å². The van der Waals surface area contributed by atoms with E-state index in [1.54, 1.807) is 50.1 Å². The summed E-state index contributed by atoms with van der Waals surface area (Å²) in [7, 11) is 3.30. The van der Waals surface area contributed by atoms with Crippen molar-refractivity contribution in [3.05, 3.63) is 48.0 Å². The van der Waals surface area contributed by atoms with Crippen molar-refractivity contribution in [3.8, 4) is 11.5 Å². The van der Waals surface area contributed by atoms with Crippen molar-refractivity contribution in [2.24, 2.45) is 0 Å². The van der Waals surface area contributed by atoms with Gasteiger partial charge in [-0.1, -0.05) is 0 Å². The van der Waals surface area contributed by atoms with Gasteiger partial charge < -0.3 is 30.7 Å². The first-order valence-electron chi connectivity index (χ1n) is 11.4. The van der Waals surface area contributed by atoms with Gasteiger partial charge in [0.15, 0.2) is 11.9 Å². The molecule has 0 radical (unpaired) electrons. The summed E-state index contributed by atoms with van der Waals surface area (Å²) in [6, 6.07) is 7.55. The molecule has 0 unspecified atom stereocenters. The van der Waals surface area contributed by atoms with Crippen LogP contribution in [0, 0.1) is 10.8 Å². The maximum absolute atomic E-state index is 7.94. The maximum atomic E-state index is 7.94. The molecule has 2 heterocycles.